The van der Waals surface area contributed by atoms with Crippen molar-refractivity contribution in [3.8, 4) is 5.75 Å². The molecule has 0 spiro atoms. The summed E-state index contributed by atoms with van der Waals surface area (Å²) in [5.74, 6) is 1.02. The average Bonchev–Trinajstić information content (AvgIpc) is 2.26. The maximum atomic E-state index is 11.4. The number of hydrogen-bond donors (Lipinski definition) is 0. The summed E-state index contributed by atoms with van der Waals surface area (Å²) in [6.45, 7) is 4.46. The van der Waals surface area contributed by atoms with Crippen molar-refractivity contribution in [1.29, 1.82) is 0 Å². The monoisotopic (exact) mass is 270 g/mol. The van der Waals surface area contributed by atoms with Crippen molar-refractivity contribution >= 4 is 21.7 Å². The zero-order valence-corrected chi connectivity index (χ0v) is 10.6. The summed E-state index contributed by atoms with van der Waals surface area (Å²) >= 11 is 3.30. The molecule has 0 bridgehead atoms. The van der Waals surface area contributed by atoms with Gasteiger partial charge in [0, 0.05) is 17.3 Å². The molecule has 82 valence electrons. The molecule has 0 radical (unpaired) electrons. The molecule has 1 rings (SSSR count). The lowest BCUT2D eigenvalue weighted by molar-refractivity contribution is 0.0988. The van der Waals surface area contributed by atoms with Crippen LogP contribution in [0.3, 0.4) is 0 Å². The van der Waals surface area contributed by atoms with Gasteiger partial charge in [0.1, 0.15) is 5.75 Å². The fourth-order valence-corrected chi connectivity index (χ4v) is 1.50. The number of carbonyl (C=O) groups excluding carboxylic acids is 1. The van der Waals surface area contributed by atoms with Crippen molar-refractivity contribution in [2.45, 2.75) is 20.3 Å². The SMILES string of the molecule is CCC(=O)c1ccc(OCCBr)c(C)c1. The molecule has 0 amide bonds. The van der Waals surface area contributed by atoms with E-state index < -0.39 is 0 Å². The van der Waals surface area contributed by atoms with Gasteiger partial charge in [0.15, 0.2) is 5.78 Å². The van der Waals surface area contributed by atoms with Gasteiger partial charge in [-0.25, -0.2) is 0 Å². The number of benzene rings is 1. The summed E-state index contributed by atoms with van der Waals surface area (Å²) in [5, 5.41) is 0.808. The highest BCUT2D eigenvalue weighted by molar-refractivity contribution is 9.09. The van der Waals surface area contributed by atoms with E-state index in [1.807, 2.05) is 32.0 Å². The number of ketones is 1. The summed E-state index contributed by atoms with van der Waals surface area (Å²) in [6, 6.07) is 5.57. The molecule has 1 aromatic rings. The minimum atomic E-state index is 0.171. The van der Waals surface area contributed by atoms with E-state index in [1.165, 1.54) is 0 Å². The summed E-state index contributed by atoms with van der Waals surface area (Å²) in [5.41, 5.74) is 1.77. The van der Waals surface area contributed by atoms with E-state index in [0.29, 0.717) is 13.0 Å². The quantitative estimate of drug-likeness (QED) is 0.606. The van der Waals surface area contributed by atoms with E-state index in [0.717, 1.165) is 22.2 Å². The van der Waals surface area contributed by atoms with Gasteiger partial charge < -0.3 is 4.74 Å². The minimum absolute atomic E-state index is 0.171. The van der Waals surface area contributed by atoms with Crippen molar-refractivity contribution in [3.63, 3.8) is 0 Å². The molecule has 0 aliphatic rings. The van der Waals surface area contributed by atoms with E-state index in [9.17, 15) is 4.79 Å². The van der Waals surface area contributed by atoms with E-state index >= 15 is 0 Å². The van der Waals surface area contributed by atoms with E-state index in [2.05, 4.69) is 15.9 Å². The van der Waals surface area contributed by atoms with Crippen LogP contribution in [0.2, 0.25) is 0 Å². The van der Waals surface area contributed by atoms with Crippen molar-refractivity contribution in [1.82, 2.24) is 0 Å². The van der Waals surface area contributed by atoms with Crippen LogP contribution in [-0.4, -0.2) is 17.7 Å². The van der Waals surface area contributed by atoms with Gasteiger partial charge in [-0.1, -0.05) is 22.9 Å². The number of hydrogen-bond acceptors (Lipinski definition) is 2. The Morgan fingerprint density at radius 3 is 2.73 bits per heavy atom. The van der Waals surface area contributed by atoms with E-state index in [4.69, 9.17) is 4.74 Å². The van der Waals surface area contributed by atoms with Crippen LogP contribution in [0.5, 0.6) is 5.75 Å². The topological polar surface area (TPSA) is 26.3 Å². The van der Waals surface area contributed by atoms with Gasteiger partial charge in [0.05, 0.1) is 6.61 Å². The molecule has 0 N–H and O–H groups in total. The summed E-state index contributed by atoms with van der Waals surface area (Å²) in [7, 11) is 0. The number of aryl methyl sites for hydroxylation is 1. The van der Waals surface area contributed by atoms with Crippen molar-refractivity contribution in [3.05, 3.63) is 29.3 Å². The van der Waals surface area contributed by atoms with Crippen LogP contribution in [0.15, 0.2) is 18.2 Å². The Labute approximate surface area is 98.8 Å². The first-order valence-electron chi connectivity index (χ1n) is 5.01. The highest BCUT2D eigenvalue weighted by Crippen LogP contribution is 2.19. The van der Waals surface area contributed by atoms with Gasteiger partial charge in [-0.15, -0.1) is 0 Å². The van der Waals surface area contributed by atoms with Gasteiger partial charge in [-0.2, -0.15) is 0 Å². The number of halogens is 1. The summed E-state index contributed by atoms with van der Waals surface area (Å²) in [4.78, 5) is 11.4. The van der Waals surface area contributed by atoms with E-state index in [1.54, 1.807) is 0 Å². The van der Waals surface area contributed by atoms with Crippen LogP contribution in [0.1, 0.15) is 29.3 Å². The average molecular weight is 271 g/mol. The third-order valence-electron chi connectivity index (χ3n) is 2.15. The Morgan fingerprint density at radius 1 is 1.47 bits per heavy atom. The number of carbonyl (C=O) groups is 1. The second-order valence-electron chi connectivity index (χ2n) is 3.29. The summed E-state index contributed by atoms with van der Waals surface area (Å²) < 4.78 is 5.50. The van der Waals surface area contributed by atoms with Gasteiger partial charge in [-0.3, -0.25) is 4.79 Å². The number of ether oxygens (including phenoxy) is 1. The minimum Gasteiger partial charge on any atom is -0.492 e. The lowest BCUT2D eigenvalue weighted by atomic mass is 10.1. The second kappa shape index (κ2) is 5.91. The van der Waals surface area contributed by atoms with Crippen molar-refractivity contribution in [2.75, 3.05) is 11.9 Å². The van der Waals surface area contributed by atoms with Crippen LogP contribution in [0.4, 0.5) is 0 Å². The molecule has 1 aromatic carbocycles. The Kier molecular flexibility index (Phi) is 4.82. The molecule has 3 heteroatoms. The smallest absolute Gasteiger partial charge is 0.162 e. The normalized spacial score (nSPS) is 10.1. The number of rotatable bonds is 5. The predicted molar refractivity (Wildman–Crippen MR) is 65.1 cm³/mol. The van der Waals surface area contributed by atoms with Crippen molar-refractivity contribution in [2.24, 2.45) is 0 Å². The second-order valence-corrected chi connectivity index (χ2v) is 4.09. The Morgan fingerprint density at radius 2 is 2.20 bits per heavy atom. The molecular weight excluding hydrogens is 256 g/mol. The maximum absolute atomic E-state index is 11.4. The third-order valence-corrected chi connectivity index (χ3v) is 2.48. The lowest BCUT2D eigenvalue weighted by Crippen LogP contribution is -2.01. The van der Waals surface area contributed by atoms with Crippen LogP contribution in [-0.2, 0) is 0 Å². The first-order chi connectivity index (χ1) is 7.19. The Hall–Kier alpha value is -0.830. The first kappa shape index (κ1) is 12.2. The molecular formula is C12H15BrO2. The molecule has 0 saturated carbocycles. The fourth-order valence-electron chi connectivity index (χ4n) is 1.34. The first-order valence-corrected chi connectivity index (χ1v) is 6.13. The zero-order valence-electron chi connectivity index (χ0n) is 9.05. The lowest BCUT2D eigenvalue weighted by Gasteiger charge is -2.08. The van der Waals surface area contributed by atoms with Crippen LogP contribution >= 0.6 is 15.9 Å². The van der Waals surface area contributed by atoms with Gasteiger partial charge >= 0.3 is 0 Å². The third kappa shape index (κ3) is 3.34. The van der Waals surface area contributed by atoms with Gasteiger partial charge in [0.2, 0.25) is 0 Å². The molecule has 15 heavy (non-hydrogen) atoms. The molecule has 0 saturated heterocycles. The maximum Gasteiger partial charge on any atom is 0.162 e. The molecule has 2 nitrogen and oxygen atoms in total. The van der Waals surface area contributed by atoms with Crippen LogP contribution in [0, 0.1) is 6.92 Å². The molecule has 0 fully saturated rings. The van der Waals surface area contributed by atoms with E-state index in [-0.39, 0.29) is 5.78 Å². The summed E-state index contributed by atoms with van der Waals surface area (Å²) in [6.07, 6.45) is 0.543. The largest absolute Gasteiger partial charge is 0.492 e. The molecule has 0 atom stereocenters. The highest BCUT2D eigenvalue weighted by atomic mass is 79.9. The zero-order chi connectivity index (χ0) is 11.3. The molecule has 0 aliphatic heterocycles. The highest BCUT2D eigenvalue weighted by Gasteiger charge is 2.06. The van der Waals surface area contributed by atoms with Gasteiger partial charge in [-0.05, 0) is 30.7 Å². The standard InChI is InChI=1S/C12H15BrO2/c1-3-11(14)10-4-5-12(9(2)8-10)15-7-6-13/h4-5,8H,3,6-7H2,1-2H3. The molecule has 0 aromatic heterocycles. The fraction of sp³-hybridized carbons (Fsp3) is 0.417. The van der Waals surface area contributed by atoms with Gasteiger partial charge in [0.25, 0.3) is 0 Å². The Balaban J connectivity index is 2.83. The number of Topliss-reactive ketones (excluding diaryl/α,β-unsaturated/α-hetero) is 1. The van der Waals surface area contributed by atoms with Crippen LogP contribution in [0.25, 0.3) is 0 Å². The predicted octanol–water partition coefficient (Wildman–Crippen LogP) is 3.36. The molecule has 0 aliphatic carbocycles. The Bertz CT molecular complexity index is 347. The molecule has 0 heterocycles. The molecule has 0 unspecified atom stereocenters. The van der Waals surface area contributed by atoms with Crippen molar-refractivity contribution < 1.29 is 9.53 Å². The van der Waals surface area contributed by atoms with Crippen LogP contribution < -0.4 is 4.74 Å². The number of alkyl halides is 1.